The highest BCUT2D eigenvalue weighted by molar-refractivity contribution is 4.92. The van der Waals surface area contributed by atoms with Gasteiger partial charge in [-0.15, -0.1) is 0 Å². The summed E-state index contributed by atoms with van der Waals surface area (Å²) in [6.45, 7) is 8.47. The van der Waals surface area contributed by atoms with E-state index in [1.54, 1.807) is 0 Å². The average molecular weight is 195 g/mol. The third kappa shape index (κ3) is 1.98. The Labute approximate surface area is 88.9 Å². The van der Waals surface area contributed by atoms with E-state index in [1.807, 2.05) is 0 Å². The predicted molar refractivity (Wildman–Crippen MR) is 61.4 cm³/mol. The summed E-state index contributed by atoms with van der Waals surface area (Å²) in [6.07, 6.45) is 8.84. The van der Waals surface area contributed by atoms with Crippen LogP contribution in [0.15, 0.2) is 0 Å². The zero-order valence-electron chi connectivity index (χ0n) is 10.1. The van der Waals surface area contributed by atoms with Gasteiger partial charge in [-0.2, -0.15) is 0 Å². The maximum absolute atomic E-state index is 2.78. The van der Waals surface area contributed by atoms with Crippen molar-refractivity contribution in [3.8, 4) is 0 Å². The van der Waals surface area contributed by atoms with Crippen LogP contribution in [0.5, 0.6) is 0 Å². The Bertz CT molecular complexity index is 190. The monoisotopic (exact) mass is 195 g/mol. The molecule has 14 heavy (non-hydrogen) atoms. The highest BCUT2D eigenvalue weighted by atomic mass is 15.2. The number of rotatable bonds is 0. The van der Waals surface area contributed by atoms with Crippen LogP contribution in [-0.4, -0.2) is 23.0 Å². The lowest BCUT2D eigenvalue weighted by atomic mass is 9.76. The van der Waals surface area contributed by atoms with E-state index in [2.05, 4.69) is 25.7 Å². The number of nitrogens with zero attached hydrogens (tertiary/aromatic N) is 1. The summed E-state index contributed by atoms with van der Waals surface area (Å²) in [5.74, 6) is 1.02. The fourth-order valence-electron chi connectivity index (χ4n) is 3.46. The van der Waals surface area contributed by atoms with Gasteiger partial charge in [0.2, 0.25) is 0 Å². The summed E-state index contributed by atoms with van der Waals surface area (Å²) in [4.78, 5) is 2.78. The minimum absolute atomic E-state index is 0.390. The van der Waals surface area contributed by atoms with Gasteiger partial charge in [-0.05, 0) is 58.9 Å². The molecular formula is C13H25N. The van der Waals surface area contributed by atoms with E-state index < -0.39 is 0 Å². The minimum Gasteiger partial charge on any atom is -0.295 e. The van der Waals surface area contributed by atoms with Crippen molar-refractivity contribution in [2.24, 2.45) is 5.92 Å². The van der Waals surface area contributed by atoms with Crippen molar-refractivity contribution in [1.29, 1.82) is 0 Å². The molecular weight excluding hydrogens is 170 g/mol. The van der Waals surface area contributed by atoms with E-state index in [9.17, 15) is 0 Å². The molecule has 0 N–H and O–H groups in total. The van der Waals surface area contributed by atoms with Gasteiger partial charge in [0.25, 0.3) is 0 Å². The third-order valence-electron chi connectivity index (χ3n) is 4.10. The Morgan fingerprint density at radius 2 is 1.57 bits per heavy atom. The molecule has 1 saturated heterocycles. The number of hydrogen-bond acceptors (Lipinski definition) is 1. The quantitative estimate of drug-likeness (QED) is 0.572. The van der Waals surface area contributed by atoms with Gasteiger partial charge in [-0.1, -0.05) is 12.8 Å². The molecule has 2 aliphatic rings. The first-order chi connectivity index (χ1) is 6.59. The maximum Gasteiger partial charge on any atom is 0.0129 e. The van der Waals surface area contributed by atoms with E-state index in [0.29, 0.717) is 5.54 Å². The van der Waals surface area contributed by atoms with Crippen LogP contribution in [-0.2, 0) is 0 Å². The van der Waals surface area contributed by atoms with Crippen molar-refractivity contribution >= 4 is 0 Å². The van der Waals surface area contributed by atoms with Gasteiger partial charge in [0, 0.05) is 11.6 Å². The molecule has 0 spiro atoms. The second-order valence-electron chi connectivity index (χ2n) is 6.12. The van der Waals surface area contributed by atoms with Crippen molar-refractivity contribution < 1.29 is 0 Å². The SMILES string of the molecule is CC(C)(C)N1CCC[C@@H]2CCCC[C@H]21. The highest BCUT2D eigenvalue weighted by Crippen LogP contribution is 2.38. The Kier molecular flexibility index (Phi) is 2.88. The Hall–Kier alpha value is -0.0400. The van der Waals surface area contributed by atoms with Crippen molar-refractivity contribution in [3.63, 3.8) is 0 Å². The topological polar surface area (TPSA) is 3.24 Å². The largest absolute Gasteiger partial charge is 0.295 e. The molecule has 0 aromatic heterocycles. The van der Waals surface area contributed by atoms with Gasteiger partial charge in [-0.3, -0.25) is 4.90 Å². The Morgan fingerprint density at radius 3 is 2.29 bits per heavy atom. The molecule has 2 fully saturated rings. The van der Waals surface area contributed by atoms with Crippen LogP contribution >= 0.6 is 0 Å². The zero-order valence-corrected chi connectivity index (χ0v) is 10.1. The molecule has 0 radical (unpaired) electrons. The number of piperidine rings is 1. The van der Waals surface area contributed by atoms with E-state index in [1.165, 1.54) is 45.1 Å². The standard InChI is InChI=1S/C13H25N/c1-13(2,3)14-10-6-8-11-7-4-5-9-12(11)14/h11-12H,4-10H2,1-3H3/t11-,12+/m0/s1. The van der Waals surface area contributed by atoms with Crippen molar-refractivity contribution in [3.05, 3.63) is 0 Å². The van der Waals surface area contributed by atoms with Crippen LogP contribution in [0.4, 0.5) is 0 Å². The van der Waals surface area contributed by atoms with Crippen molar-refractivity contribution in [2.75, 3.05) is 6.54 Å². The second-order valence-corrected chi connectivity index (χ2v) is 6.12. The molecule has 2 atom stereocenters. The van der Waals surface area contributed by atoms with Crippen molar-refractivity contribution in [2.45, 2.75) is 70.9 Å². The Morgan fingerprint density at radius 1 is 0.929 bits per heavy atom. The van der Waals surface area contributed by atoms with Gasteiger partial charge in [0.15, 0.2) is 0 Å². The fourth-order valence-corrected chi connectivity index (χ4v) is 3.46. The molecule has 1 saturated carbocycles. The van der Waals surface area contributed by atoms with Gasteiger partial charge < -0.3 is 0 Å². The molecule has 1 heterocycles. The molecule has 0 aromatic rings. The molecule has 1 aliphatic heterocycles. The smallest absolute Gasteiger partial charge is 0.0129 e. The van der Waals surface area contributed by atoms with Gasteiger partial charge in [-0.25, -0.2) is 0 Å². The summed E-state index contributed by atoms with van der Waals surface area (Å²) in [6, 6.07) is 0.914. The minimum atomic E-state index is 0.390. The van der Waals surface area contributed by atoms with Crippen LogP contribution in [0.2, 0.25) is 0 Å². The summed E-state index contributed by atoms with van der Waals surface area (Å²) < 4.78 is 0. The Balaban J connectivity index is 2.09. The van der Waals surface area contributed by atoms with Crippen molar-refractivity contribution in [1.82, 2.24) is 4.90 Å². The lowest BCUT2D eigenvalue weighted by Gasteiger charge is -2.50. The summed E-state index contributed by atoms with van der Waals surface area (Å²) in [5, 5.41) is 0. The normalized spacial score (nSPS) is 35.4. The van der Waals surface area contributed by atoms with Gasteiger partial charge >= 0.3 is 0 Å². The van der Waals surface area contributed by atoms with Crippen LogP contribution in [0, 0.1) is 5.92 Å². The molecule has 0 unspecified atom stereocenters. The predicted octanol–water partition coefficient (Wildman–Crippen LogP) is 3.44. The van der Waals surface area contributed by atoms with Crippen LogP contribution in [0.25, 0.3) is 0 Å². The highest BCUT2D eigenvalue weighted by Gasteiger charge is 2.37. The lowest BCUT2D eigenvalue weighted by Crippen LogP contribution is -2.54. The second kappa shape index (κ2) is 3.84. The molecule has 0 aromatic carbocycles. The number of hydrogen-bond donors (Lipinski definition) is 0. The van der Waals surface area contributed by atoms with E-state index >= 15 is 0 Å². The number of likely N-dealkylation sites (tertiary alicyclic amines) is 1. The zero-order chi connectivity index (χ0) is 10.2. The first-order valence-electron chi connectivity index (χ1n) is 6.36. The van der Waals surface area contributed by atoms with E-state index in [4.69, 9.17) is 0 Å². The van der Waals surface area contributed by atoms with Crippen LogP contribution in [0.3, 0.4) is 0 Å². The summed E-state index contributed by atoms with van der Waals surface area (Å²) >= 11 is 0. The number of fused-ring (bicyclic) bond motifs is 1. The molecule has 82 valence electrons. The van der Waals surface area contributed by atoms with Crippen LogP contribution in [0.1, 0.15) is 59.3 Å². The average Bonchev–Trinajstić information content (AvgIpc) is 2.15. The molecule has 1 heteroatoms. The van der Waals surface area contributed by atoms with E-state index in [-0.39, 0.29) is 0 Å². The summed E-state index contributed by atoms with van der Waals surface area (Å²) in [7, 11) is 0. The van der Waals surface area contributed by atoms with Crippen LogP contribution < -0.4 is 0 Å². The molecule has 0 amide bonds. The fraction of sp³-hybridized carbons (Fsp3) is 1.00. The lowest BCUT2D eigenvalue weighted by molar-refractivity contribution is -0.00454. The first-order valence-corrected chi connectivity index (χ1v) is 6.36. The molecule has 0 bridgehead atoms. The molecule has 1 nitrogen and oxygen atoms in total. The van der Waals surface area contributed by atoms with Gasteiger partial charge in [0.05, 0.1) is 0 Å². The molecule has 1 aliphatic carbocycles. The maximum atomic E-state index is 2.78. The third-order valence-corrected chi connectivity index (χ3v) is 4.10. The van der Waals surface area contributed by atoms with E-state index in [0.717, 1.165) is 12.0 Å². The summed E-state index contributed by atoms with van der Waals surface area (Å²) in [5.41, 5.74) is 0.390. The molecule has 2 rings (SSSR count). The first kappa shape index (κ1) is 10.5. The van der Waals surface area contributed by atoms with Gasteiger partial charge in [0.1, 0.15) is 0 Å².